The third kappa shape index (κ3) is 7.21. The molecule has 0 fully saturated rings. The fourth-order valence-electron chi connectivity index (χ4n) is 2.11. The van der Waals surface area contributed by atoms with Gasteiger partial charge in [-0.1, -0.05) is 12.1 Å². The molecule has 1 aromatic carbocycles. The lowest BCUT2D eigenvalue weighted by molar-refractivity contribution is 0.144. The predicted octanol–water partition coefficient (Wildman–Crippen LogP) is 1.12. The molecule has 0 bridgehead atoms. The summed E-state index contributed by atoms with van der Waals surface area (Å²) < 4.78 is 32.6. The number of carbonyl (C=O) groups is 1. The Labute approximate surface area is 157 Å². The van der Waals surface area contributed by atoms with E-state index in [0.717, 1.165) is 5.56 Å². The number of nitrogens with one attached hydrogen (secondary N) is 2. The Bertz CT molecular complexity index is 839. The number of aromatic nitrogens is 1. The monoisotopic (exact) mass is 394 g/mol. The van der Waals surface area contributed by atoms with E-state index in [1.54, 1.807) is 31.4 Å². The topological polar surface area (TPSA) is 133 Å². The summed E-state index contributed by atoms with van der Waals surface area (Å²) >= 11 is 0. The van der Waals surface area contributed by atoms with Crippen LogP contribution in [0.3, 0.4) is 0 Å². The number of primary sulfonamides is 1. The van der Waals surface area contributed by atoms with Gasteiger partial charge in [0.15, 0.2) is 0 Å². The molecule has 1 aromatic heterocycles. The molecule has 2 amide bonds. The Balaban J connectivity index is 1.74. The number of urea groups is 1. The van der Waals surface area contributed by atoms with Gasteiger partial charge in [0, 0.05) is 19.7 Å². The molecular weight excluding hydrogens is 372 g/mol. The third-order valence-corrected chi connectivity index (χ3v) is 4.41. The molecule has 0 spiro atoms. The molecule has 2 rings (SSSR count). The summed E-state index contributed by atoms with van der Waals surface area (Å²) in [5, 5.41) is 10.4. The highest BCUT2D eigenvalue weighted by atomic mass is 32.2. The van der Waals surface area contributed by atoms with Crippen molar-refractivity contribution in [3.05, 3.63) is 48.2 Å². The van der Waals surface area contributed by atoms with E-state index < -0.39 is 10.0 Å². The molecule has 2 aromatic rings. The van der Waals surface area contributed by atoms with Crippen LogP contribution in [0.2, 0.25) is 0 Å². The number of rotatable bonds is 9. The zero-order chi connectivity index (χ0) is 19.7. The molecule has 10 heteroatoms. The van der Waals surface area contributed by atoms with E-state index in [1.165, 1.54) is 18.3 Å². The number of methoxy groups -OCH3 is 1. The number of sulfonamides is 1. The fraction of sp³-hybridized carbons (Fsp3) is 0.294. The molecule has 0 unspecified atom stereocenters. The van der Waals surface area contributed by atoms with E-state index in [1.807, 2.05) is 0 Å². The fourth-order valence-corrected chi connectivity index (χ4v) is 2.63. The van der Waals surface area contributed by atoms with Crippen LogP contribution in [-0.4, -0.2) is 46.3 Å². The molecule has 0 aliphatic carbocycles. The Morgan fingerprint density at radius 2 is 1.89 bits per heavy atom. The van der Waals surface area contributed by atoms with Gasteiger partial charge in [0.2, 0.25) is 15.9 Å². The zero-order valence-electron chi connectivity index (χ0n) is 14.8. The van der Waals surface area contributed by atoms with Gasteiger partial charge in [-0.05, 0) is 30.2 Å². The van der Waals surface area contributed by atoms with Gasteiger partial charge in [-0.25, -0.2) is 23.3 Å². The Morgan fingerprint density at radius 3 is 2.48 bits per heavy atom. The Kier molecular flexibility index (Phi) is 7.53. The van der Waals surface area contributed by atoms with Crippen molar-refractivity contribution in [2.75, 3.05) is 32.2 Å². The average molecular weight is 394 g/mol. The van der Waals surface area contributed by atoms with E-state index in [9.17, 15) is 13.2 Å². The smallest absolute Gasteiger partial charge is 0.319 e. The van der Waals surface area contributed by atoms with Gasteiger partial charge >= 0.3 is 6.03 Å². The van der Waals surface area contributed by atoms with Crippen LogP contribution >= 0.6 is 0 Å². The number of hydrogen-bond donors (Lipinski definition) is 3. The van der Waals surface area contributed by atoms with Crippen LogP contribution in [-0.2, 0) is 21.2 Å². The van der Waals surface area contributed by atoms with Crippen molar-refractivity contribution >= 4 is 21.7 Å². The molecule has 0 radical (unpaired) electrons. The van der Waals surface area contributed by atoms with Crippen LogP contribution in [0.25, 0.3) is 0 Å². The van der Waals surface area contributed by atoms with Crippen LogP contribution in [0.5, 0.6) is 5.88 Å². The minimum atomic E-state index is -3.70. The molecule has 0 saturated heterocycles. The minimum Gasteiger partial charge on any atom is -0.475 e. The van der Waals surface area contributed by atoms with E-state index in [2.05, 4.69) is 15.6 Å². The second-order valence-corrected chi connectivity index (χ2v) is 7.11. The zero-order valence-corrected chi connectivity index (χ0v) is 15.7. The first-order valence-electron chi connectivity index (χ1n) is 8.13. The number of benzene rings is 1. The first kappa shape index (κ1) is 20.6. The van der Waals surface area contributed by atoms with E-state index in [-0.39, 0.29) is 10.9 Å². The van der Waals surface area contributed by atoms with Gasteiger partial charge in [0.1, 0.15) is 6.61 Å². The van der Waals surface area contributed by atoms with Gasteiger partial charge in [-0.2, -0.15) is 0 Å². The Morgan fingerprint density at radius 1 is 1.15 bits per heavy atom. The lowest BCUT2D eigenvalue weighted by atomic mass is 10.1. The molecule has 27 heavy (non-hydrogen) atoms. The molecule has 0 aliphatic heterocycles. The molecule has 0 aliphatic rings. The number of pyridine rings is 1. The highest BCUT2D eigenvalue weighted by Crippen LogP contribution is 2.11. The second kappa shape index (κ2) is 9.86. The summed E-state index contributed by atoms with van der Waals surface area (Å²) in [4.78, 5) is 16.0. The van der Waals surface area contributed by atoms with Crippen LogP contribution in [0, 0.1) is 0 Å². The first-order chi connectivity index (χ1) is 12.9. The van der Waals surface area contributed by atoms with Crippen molar-refractivity contribution in [3.63, 3.8) is 0 Å². The maximum Gasteiger partial charge on any atom is 0.319 e. The van der Waals surface area contributed by atoms with Crippen LogP contribution in [0.4, 0.5) is 10.5 Å². The van der Waals surface area contributed by atoms with Crippen molar-refractivity contribution in [1.82, 2.24) is 10.3 Å². The average Bonchev–Trinajstić information content (AvgIpc) is 2.63. The van der Waals surface area contributed by atoms with Gasteiger partial charge < -0.3 is 20.1 Å². The summed E-state index contributed by atoms with van der Waals surface area (Å²) in [5.74, 6) is 0.445. The van der Waals surface area contributed by atoms with Crippen molar-refractivity contribution in [2.45, 2.75) is 11.3 Å². The van der Waals surface area contributed by atoms with Crippen LogP contribution in [0.1, 0.15) is 5.56 Å². The van der Waals surface area contributed by atoms with E-state index in [0.29, 0.717) is 37.7 Å². The highest BCUT2D eigenvalue weighted by molar-refractivity contribution is 7.89. The van der Waals surface area contributed by atoms with Crippen molar-refractivity contribution in [2.24, 2.45) is 5.14 Å². The lowest BCUT2D eigenvalue weighted by Crippen LogP contribution is -2.30. The van der Waals surface area contributed by atoms with E-state index in [4.69, 9.17) is 14.6 Å². The first-order valence-corrected chi connectivity index (χ1v) is 9.67. The number of hydrogen-bond acceptors (Lipinski definition) is 6. The molecule has 9 nitrogen and oxygen atoms in total. The maximum atomic E-state index is 11.9. The van der Waals surface area contributed by atoms with Crippen molar-refractivity contribution < 1.29 is 22.7 Å². The number of nitrogens with two attached hydrogens (primary N) is 1. The van der Waals surface area contributed by atoms with Crippen LogP contribution in [0.15, 0.2) is 47.5 Å². The summed E-state index contributed by atoms with van der Waals surface area (Å²) in [6.07, 6.45) is 2.04. The SMILES string of the molecule is COCCOc1ccc(NC(=O)NCCc2ccc(S(N)(=O)=O)cc2)cn1. The Hall–Kier alpha value is -2.69. The van der Waals surface area contributed by atoms with Gasteiger partial charge in [-0.15, -0.1) is 0 Å². The van der Waals surface area contributed by atoms with Gasteiger partial charge in [0.05, 0.1) is 23.4 Å². The highest BCUT2D eigenvalue weighted by Gasteiger charge is 2.07. The van der Waals surface area contributed by atoms with Crippen molar-refractivity contribution in [1.29, 1.82) is 0 Å². The predicted molar refractivity (Wildman–Crippen MR) is 100 cm³/mol. The number of amides is 2. The molecule has 0 saturated carbocycles. The largest absolute Gasteiger partial charge is 0.475 e. The van der Waals surface area contributed by atoms with Crippen molar-refractivity contribution in [3.8, 4) is 5.88 Å². The molecule has 0 atom stereocenters. The number of carbonyl (C=O) groups excluding carboxylic acids is 1. The maximum absolute atomic E-state index is 11.9. The van der Waals surface area contributed by atoms with E-state index >= 15 is 0 Å². The third-order valence-electron chi connectivity index (χ3n) is 3.48. The van der Waals surface area contributed by atoms with Gasteiger partial charge in [-0.3, -0.25) is 0 Å². The minimum absolute atomic E-state index is 0.0547. The lowest BCUT2D eigenvalue weighted by Gasteiger charge is -2.09. The summed E-state index contributed by atoms with van der Waals surface area (Å²) in [6.45, 7) is 1.25. The summed E-state index contributed by atoms with van der Waals surface area (Å²) in [6, 6.07) is 9.15. The summed E-state index contributed by atoms with van der Waals surface area (Å²) in [7, 11) is -2.11. The summed E-state index contributed by atoms with van der Waals surface area (Å²) in [5.41, 5.74) is 1.41. The number of anilines is 1. The molecular formula is C17H22N4O5S. The number of ether oxygens (including phenoxy) is 2. The molecule has 1 heterocycles. The van der Waals surface area contributed by atoms with Crippen LogP contribution < -0.4 is 20.5 Å². The normalized spacial score (nSPS) is 11.0. The van der Waals surface area contributed by atoms with Gasteiger partial charge in [0.25, 0.3) is 0 Å². The standard InChI is InChI=1S/C17H22N4O5S/c1-25-10-11-26-16-7-4-14(12-20-16)21-17(22)19-9-8-13-2-5-15(6-3-13)27(18,23)24/h2-7,12H,8-11H2,1H3,(H2,18,23,24)(H2,19,21,22). The number of nitrogens with zero attached hydrogens (tertiary/aromatic N) is 1. The molecule has 4 N–H and O–H groups in total. The second-order valence-electron chi connectivity index (χ2n) is 5.55. The quantitative estimate of drug-likeness (QED) is 0.546. The molecule has 146 valence electrons.